The van der Waals surface area contributed by atoms with E-state index in [1.54, 1.807) is 0 Å². The minimum atomic E-state index is -0.0132. The molecule has 0 saturated carbocycles. The highest BCUT2D eigenvalue weighted by Gasteiger charge is 1.89. The maximum Gasteiger partial charge on any atom is 0.0876 e. The van der Waals surface area contributed by atoms with Crippen LogP contribution in [0.25, 0.3) is 0 Å². The summed E-state index contributed by atoms with van der Waals surface area (Å²) < 4.78 is 0. The van der Waals surface area contributed by atoms with Gasteiger partial charge in [-0.3, -0.25) is 0 Å². The number of hydrogen-bond acceptors (Lipinski definition) is 7. The molecule has 0 aliphatic rings. The van der Waals surface area contributed by atoms with Crippen LogP contribution in [0.1, 0.15) is 6.42 Å². The summed E-state index contributed by atoms with van der Waals surface area (Å²) in [7, 11) is 0. The largest absolute Gasteiger partial charge is 0.396 e. The van der Waals surface area contributed by atoms with Crippen molar-refractivity contribution in [1.82, 2.24) is 0 Å². The first-order valence-corrected chi connectivity index (χ1v) is 2.45. The highest BCUT2D eigenvalue weighted by Crippen LogP contribution is 1.85. The molecule has 2 N–H and O–H groups in total. The lowest BCUT2D eigenvalue weighted by Crippen LogP contribution is -2.00. The summed E-state index contributed by atoms with van der Waals surface area (Å²) in [6.45, 7) is 0.131. The number of rotatable bonds is 7. The molecule has 0 radical (unpaired) electrons. The number of hydrogen-bond donors (Lipinski definition) is 2. The van der Waals surface area contributed by atoms with Gasteiger partial charge < -0.3 is 5.11 Å². The predicted octanol–water partition coefficient (Wildman–Crippen LogP) is -0.415. The van der Waals surface area contributed by atoms with E-state index in [-0.39, 0.29) is 13.2 Å². The fourth-order valence-corrected chi connectivity index (χ4v) is 0.201. The second-order valence-electron chi connectivity index (χ2n) is 1.18. The third kappa shape index (κ3) is 7.72. The van der Waals surface area contributed by atoms with E-state index in [1.165, 1.54) is 0 Å². The molecule has 0 heterocycles. The molecule has 0 atom stereocenters. The smallest absolute Gasteiger partial charge is 0.0876 e. The second kappa shape index (κ2) is 8.72. The van der Waals surface area contributed by atoms with Gasteiger partial charge in [-0.05, 0) is 26.6 Å². The summed E-state index contributed by atoms with van der Waals surface area (Å²) in [5.41, 5.74) is 0. The molecule has 0 aromatic carbocycles. The number of aliphatic hydroxyl groups excluding tert-OH is 1. The van der Waals surface area contributed by atoms with Gasteiger partial charge in [0.15, 0.2) is 0 Å². The Hall–Kier alpha value is -0.280. The standard InChI is InChI=1S/C3H8O7/c4-2-1-3-6-8-10-9-7-5/h4-5H,1-3H2. The lowest BCUT2D eigenvalue weighted by atomic mass is 10.5. The maximum atomic E-state index is 8.20. The van der Waals surface area contributed by atoms with Crippen LogP contribution < -0.4 is 0 Å². The van der Waals surface area contributed by atoms with Crippen molar-refractivity contribution < 1.29 is 35.4 Å². The third-order valence-corrected chi connectivity index (χ3v) is 0.520. The lowest BCUT2D eigenvalue weighted by molar-refractivity contribution is -0.753. The molecule has 0 aromatic rings. The van der Waals surface area contributed by atoms with Crippen molar-refractivity contribution >= 4 is 0 Å². The van der Waals surface area contributed by atoms with Crippen LogP contribution in [0, 0.1) is 0 Å². The third-order valence-electron chi connectivity index (χ3n) is 0.520. The van der Waals surface area contributed by atoms with Crippen molar-refractivity contribution in [3.8, 4) is 0 Å². The molecule has 0 aromatic heterocycles. The molecule has 0 fully saturated rings. The van der Waals surface area contributed by atoms with Crippen LogP contribution >= 0.6 is 0 Å². The molecule has 0 rings (SSSR count). The Labute approximate surface area is 56.3 Å². The molecule has 0 unspecified atom stereocenters. The fourth-order valence-electron chi connectivity index (χ4n) is 0.201. The van der Waals surface area contributed by atoms with Gasteiger partial charge in [0.05, 0.1) is 6.61 Å². The fraction of sp³-hybridized carbons (Fsp3) is 1.00. The van der Waals surface area contributed by atoms with Gasteiger partial charge in [0.25, 0.3) is 0 Å². The van der Waals surface area contributed by atoms with Crippen LogP contribution in [0.4, 0.5) is 0 Å². The van der Waals surface area contributed by atoms with E-state index >= 15 is 0 Å². The van der Waals surface area contributed by atoms with Gasteiger partial charge >= 0.3 is 0 Å². The van der Waals surface area contributed by atoms with Crippen LogP contribution in [-0.4, -0.2) is 23.6 Å². The first-order valence-electron chi connectivity index (χ1n) is 2.45. The van der Waals surface area contributed by atoms with Crippen molar-refractivity contribution in [3.63, 3.8) is 0 Å². The minimum absolute atomic E-state index is 0.0132. The monoisotopic (exact) mass is 156 g/mol. The van der Waals surface area contributed by atoms with E-state index in [9.17, 15) is 0 Å². The highest BCUT2D eigenvalue weighted by atomic mass is 17.8. The minimum Gasteiger partial charge on any atom is -0.396 e. The Morgan fingerprint density at radius 1 is 1.10 bits per heavy atom. The Morgan fingerprint density at radius 3 is 2.50 bits per heavy atom. The molecule has 10 heavy (non-hydrogen) atoms. The Morgan fingerprint density at radius 2 is 1.90 bits per heavy atom. The van der Waals surface area contributed by atoms with Crippen LogP contribution in [0.2, 0.25) is 0 Å². The molecule has 0 bridgehead atoms. The van der Waals surface area contributed by atoms with Crippen LogP contribution in [0.3, 0.4) is 0 Å². The van der Waals surface area contributed by atoms with Crippen LogP contribution in [0.5, 0.6) is 0 Å². The summed E-state index contributed by atoms with van der Waals surface area (Å²) in [6.07, 6.45) is 0.406. The van der Waals surface area contributed by atoms with Crippen molar-refractivity contribution in [1.29, 1.82) is 0 Å². The van der Waals surface area contributed by atoms with Gasteiger partial charge in [0.2, 0.25) is 0 Å². The average Bonchev–Trinajstić information content (AvgIpc) is 1.97. The summed E-state index contributed by atoms with van der Waals surface area (Å²) in [5.74, 6) is 0. The summed E-state index contributed by atoms with van der Waals surface area (Å²) >= 11 is 0. The van der Waals surface area contributed by atoms with E-state index in [4.69, 9.17) is 10.4 Å². The first-order chi connectivity index (χ1) is 4.91. The molecule has 0 saturated heterocycles. The van der Waals surface area contributed by atoms with Gasteiger partial charge in [-0.15, -0.1) is 0 Å². The zero-order chi connectivity index (χ0) is 7.66. The van der Waals surface area contributed by atoms with Gasteiger partial charge in [-0.2, -0.15) is 0 Å². The Balaban J connectivity index is 2.65. The molecule has 0 spiro atoms. The molecule has 7 nitrogen and oxygen atoms in total. The lowest BCUT2D eigenvalue weighted by Gasteiger charge is -1.96. The molecule has 0 aliphatic carbocycles. The zero-order valence-corrected chi connectivity index (χ0v) is 5.06. The van der Waals surface area contributed by atoms with Gasteiger partial charge in [-0.25, -0.2) is 10.1 Å². The van der Waals surface area contributed by atoms with Gasteiger partial charge in [0.1, 0.15) is 0 Å². The summed E-state index contributed by atoms with van der Waals surface area (Å²) in [6, 6.07) is 0. The Bertz CT molecular complexity index is 48.8. The van der Waals surface area contributed by atoms with E-state index < -0.39 is 0 Å². The van der Waals surface area contributed by atoms with E-state index in [0.717, 1.165) is 0 Å². The molecule has 0 amide bonds. The summed E-state index contributed by atoms with van der Waals surface area (Å²) in [4.78, 5) is 4.18. The van der Waals surface area contributed by atoms with E-state index in [0.29, 0.717) is 6.42 Å². The second-order valence-corrected chi connectivity index (χ2v) is 1.18. The molecular weight excluding hydrogens is 148 g/mol. The predicted molar refractivity (Wildman–Crippen MR) is 24.6 cm³/mol. The van der Waals surface area contributed by atoms with Crippen molar-refractivity contribution in [3.05, 3.63) is 0 Å². The molecule has 62 valence electrons. The molecule has 0 aliphatic heterocycles. The number of aliphatic hydroxyl groups is 1. The van der Waals surface area contributed by atoms with Crippen LogP contribution in [-0.2, 0) is 25.0 Å². The SMILES string of the molecule is OCCCOOOOOO. The maximum absolute atomic E-state index is 8.20. The van der Waals surface area contributed by atoms with E-state index in [2.05, 4.69) is 25.0 Å². The van der Waals surface area contributed by atoms with E-state index in [1.807, 2.05) is 0 Å². The highest BCUT2D eigenvalue weighted by molar-refractivity contribution is 4.24. The average molecular weight is 156 g/mol. The molecule has 7 heteroatoms. The molecular formula is C3H8O7. The zero-order valence-electron chi connectivity index (χ0n) is 5.06. The van der Waals surface area contributed by atoms with Crippen molar-refractivity contribution in [2.45, 2.75) is 6.42 Å². The van der Waals surface area contributed by atoms with Gasteiger partial charge in [0, 0.05) is 6.61 Å². The normalized spacial score (nSPS) is 10.2. The first kappa shape index (κ1) is 9.72. The van der Waals surface area contributed by atoms with Crippen molar-refractivity contribution in [2.24, 2.45) is 0 Å². The van der Waals surface area contributed by atoms with Crippen LogP contribution in [0.15, 0.2) is 0 Å². The van der Waals surface area contributed by atoms with Crippen molar-refractivity contribution in [2.75, 3.05) is 13.2 Å². The quantitative estimate of drug-likeness (QED) is 0.294. The van der Waals surface area contributed by atoms with Gasteiger partial charge in [-0.1, -0.05) is 0 Å². The topological polar surface area (TPSA) is 86.6 Å². The Kier molecular flexibility index (Phi) is 8.48. The summed E-state index contributed by atoms with van der Waals surface area (Å²) in [5, 5.41) is 29.3.